The van der Waals surface area contributed by atoms with Gasteiger partial charge in [-0.1, -0.05) is 24.3 Å². The van der Waals surface area contributed by atoms with E-state index < -0.39 is 0 Å². The number of rotatable bonds is 7. The molecule has 30 heavy (non-hydrogen) atoms. The molecule has 0 aromatic heterocycles. The summed E-state index contributed by atoms with van der Waals surface area (Å²) < 4.78 is 0. The van der Waals surface area contributed by atoms with Crippen LogP contribution in [0.2, 0.25) is 0 Å². The fourth-order valence-electron chi connectivity index (χ4n) is 3.96. The summed E-state index contributed by atoms with van der Waals surface area (Å²) in [7, 11) is 1.75. The summed E-state index contributed by atoms with van der Waals surface area (Å²) in [4.78, 5) is 31.8. The van der Waals surface area contributed by atoms with Gasteiger partial charge in [-0.2, -0.15) is 0 Å². The van der Waals surface area contributed by atoms with Crippen molar-refractivity contribution in [1.82, 2.24) is 20.4 Å². The molecule has 166 valence electrons. The number of carbonyl (C=O) groups excluding carboxylic acids is 2. The lowest BCUT2D eigenvalue weighted by Crippen LogP contribution is -2.50. The van der Waals surface area contributed by atoms with Crippen molar-refractivity contribution in [3.63, 3.8) is 0 Å². The number of hydrogen-bond donors (Lipinski definition) is 3. The number of benzene rings is 1. The van der Waals surface area contributed by atoms with Gasteiger partial charge in [-0.3, -0.25) is 19.5 Å². The quantitative estimate of drug-likeness (QED) is 0.213. The van der Waals surface area contributed by atoms with Gasteiger partial charge in [0.05, 0.1) is 6.54 Å². The third-order valence-corrected chi connectivity index (χ3v) is 5.58. The highest BCUT2D eigenvalue weighted by Gasteiger charge is 2.23. The number of primary amides is 1. The van der Waals surface area contributed by atoms with Crippen LogP contribution in [-0.2, 0) is 22.7 Å². The molecular formula is C21H33IN6O2. The predicted octanol–water partition coefficient (Wildman–Crippen LogP) is 1.04. The Morgan fingerprint density at radius 2 is 1.80 bits per heavy atom. The molecule has 8 nitrogen and oxygen atoms in total. The molecule has 1 aromatic rings. The minimum Gasteiger partial charge on any atom is -0.369 e. The van der Waals surface area contributed by atoms with Crippen molar-refractivity contribution in [3.8, 4) is 0 Å². The monoisotopic (exact) mass is 528 g/mol. The Bertz CT molecular complexity index is 724. The number of piperidine rings is 1. The molecule has 0 aliphatic carbocycles. The number of likely N-dealkylation sites (tertiary alicyclic amines) is 1. The second-order valence-electron chi connectivity index (χ2n) is 7.78. The van der Waals surface area contributed by atoms with E-state index in [9.17, 15) is 9.59 Å². The standard InChI is InChI=1S/C21H32N6O2.HI/c1-23-21(25-18-8-11-26(12-9-18)15-19(22)28)24-10-4-7-20(29)27-13-16-5-2-3-6-17(16)14-27;/h2-3,5-6,18H,4,7-15H2,1H3,(H2,22,28)(H2,23,24,25);1H. The van der Waals surface area contributed by atoms with Crippen LogP contribution >= 0.6 is 24.0 Å². The molecule has 0 saturated carbocycles. The van der Waals surface area contributed by atoms with Crippen molar-refractivity contribution >= 4 is 41.8 Å². The van der Waals surface area contributed by atoms with Crippen molar-refractivity contribution in [2.45, 2.75) is 44.8 Å². The summed E-state index contributed by atoms with van der Waals surface area (Å²) >= 11 is 0. The largest absolute Gasteiger partial charge is 0.369 e. The molecule has 2 aliphatic heterocycles. The number of amides is 2. The van der Waals surface area contributed by atoms with Crippen molar-refractivity contribution < 1.29 is 9.59 Å². The van der Waals surface area contributed by atoms with E-state index >= 15 is 0 Å². The molecule has 0 atom stereocenters. The van der Waals surface area contributed by atoms with Crippen molar-refractivity contribution in [2.75, 3.05) is 33.2 Å². The summed E-state index contributed by atoms with van der Waals surface area (Å²) in [5.41, 5.74) is 7.77. The van der Waals surface area contributed by atoms with E-state index in [4.69, 9.17) is 5.73 Å². The van der Waals surface area contributed by atoms with Crippen LogP contribution in [0.5, 0.6) is 0 Å². The van der Waals surface area contributed by atoms with E-state index in [-0.39, 0.29) is 35.8 Å². The van der Waals surface area contributed by atoms with Crippen molar-refractivity contribution in [2.24, 2.45) is 10.7 Å². The van der Waals surface area contributed by atoms with E-state index in [0.717, 1.165) is 51.4 Å². The summed E-state index contributed by atoms with van der Waals surface area (Å²) in [5.74, 6) is 0.688. The van der Waals surface area contributed by atoms with E-state index in [1.807, 2.05) is 17.0 Å². The van der Waals surface area contributed by atoms with Gasteiger partial charge >= 0.3 is 0 Å². The number of aliphatic imine (C=N–C) groups is 1. The molecule has 1 saturated heterocycles. The summed E-state index contributed by atoms with van der Waals surface area (Å²) in [5, 5.41) is 6.74. The van der Waals surface area contributed by atoms with Gasteiger partial charge in [0, 0.05) is 52.2 Å². The van der Waals surface area contributed by atoms with E-state index in [1.165, 1.54) is 11.1 Å². The molecule has 0 bridgehead atoms. The highest BCUT2D eigenvalue weighted by Crippen LogP contribution is 2.22. The molecule has 4 N–H and O–H groups in total. The van der Waals surface area contributed by atoms with Gasteiger partial charge in [-0.05, 0) is 30.4 Å². The molecule has 0 spiro atoms. The fourth-order valence-corrected chi connectivity index (χ4v) is 3.96. The summed E-state index contributed by atoms with van der Waals surface area (Å²) in [6.07, 6.45) is 3.19. The van der Waals surface area contributed by atoms with Gasteiger partial charge in [-0.25, -0.2) is 0 Å². The molecule has 0 radical (unpaired) electrons. The molecular weight excluding hydrogens is 495 g/mol. The maximum absolute atomic E-state index is 12.5. The van der Waals surface area contributed by atoms with Crippen LogP contribution in [0.3, 0.4) is 0 Å². The number of nitrogens with two attached hydrogens (primary N) is 1. The minimum atomic E-state index is -0.277. The maximum Gasteiger partial charge on any atom is 0.231 e. The van der Waals surface area contributed by atoms with Crippen molar-refractivity contribution in [1.29, 1.82) is 0 Å². The molecule has 2 amide bonds. The van der Waals surface area contributed by atoms with Gasteiger partial charge in [-0.15, -0.1) is 24.0 Å². The number of carbonyl (C=O) groups is 2. The number of guanidine groups is 1. The lowest BCUT2D eigenvalue weighted by molar-refractivity contribution is -0.131. The lowest BCUT2D eigenvalue weighted by atomic mass is 10.1. The van der Waals surface area contributed by atoms with E-state index in [1.54, 1.807) is 7.05 Å². The zero-order valence-corrected chi connectivity index (χ0v) is 19.9. The van der Waals surface area contributed by atoms with Gasteiger partial charge < -0.3 is 21.3 Å². The van der Waals surface area contributed by atoms with Gasteiger partial charge in [0.25, 0.3) is 0 Å². The zero-order valence-electron chi connectivity index (χ0n) is 17.6. The highest BCUT2D eigenvalue weighted by atomic mass is 127. The second kappa shape index (κ2) is 12.1. The third-order valence-electron chi connectivity index (χ3n) is 5.58. The van der Waals surface area contributed by atoms with E-state index in [0.29, 0.717) is 25.6 Å². The normalized spacial score (nSPS) is 17.2. The number of fused-ring (bicyclic) bond motifs is 1. The smallest absolute Gasteiger partial charge is 0.231 e. The first-order valence-electron chi connectivity index (χ1n) is 10.4. The summed E-state index contributed by atoms with van der Waals surface area (Å²) in [6, 6.07) is 8.57. The van der Waals surface area contributed by atoms with Crippen LogP contribution in [0.1, 0.15) is 36.8 Å². The Labute approximate surface area is 195 Å². The lowest BCUT2D eigenvalue weighted by Gasteiger charge is -2.32. The van der Waals surface area contributed by atoms with Crippen LogP contribution in [0.15, 0.2) is 29.3 Å². The molecule has 9 heteroatoms. The Hall–Kier alpha value is -1.88. The van der Waals surface area contributed by atoms with Crippen LogP contribution in [0, 0.1) is 0 Å². The average molecular weight is 528 g/mol. The Morgan fingerprint density at radius 1 is 1.17 bits per heavy atom. The number of halogens is 1. The van der Waals surface area contributed by atoms with Crippen molar-refractivity contribution in [3.05, 3.63) is 35.4 Å². The van der Waals surface area contributed by atoms with E-state index in [2.05, 4.69) is 32.7 Å². The minimum absolute atomic E-state index is 0. The number of nitrogens with zero attached hydrogens (tertiary/aromatic N) is 3. The molecule has 2 aliphatic rings. The first kappa shape index (κ1) is 24.4. The molecule has 3 rings (SSSR count). The fraction of sp³-hybridized carbons (Fsp3) is 0.571. The first-order valence-corrected chi connectivity index (χ1v) is 10.4. The van der Waals surface area contributed by atoms with Crippen LogP contribution in [0.4, 0.5) is 0 Å². The number of nitrogens with one attached hydrogen (secondary N) is 2. The molecule has 1 aromatic carbocycles. The zero-order chi connectivity index (χ0) is 20.6. The average Bonchev–Trinajstić information content (AvgIpc) is 3.15. The number of hydrogen-bond acceptors (Lipinski definition) is 4. The first-order chi connectivity index (χ1) is 14.0. The summed E-state index contributed by atoms with van der Waals surface area (Å²) in [6.45, 7) is 4.18. The maximum atomic E-state index is 12.5. The SMILES string of the molecule is CN=C(NCCCC(=O)N1Cc2ccccc2C1)NC1CCN(CC(N)=O)CC1.I. The predicted molar refractivity (Wildman–Crippen MR) is 128 cm³/mol. The highest BCUT2D eigenvalue weighted by molar-refractivity contribution is 14.0. The third kappa shape index (κ3) is 7.12. The van der Waals surface area contributed by atoms with Gasteiger partial charge in [0.1, 0.15) is 0 Å². The Kier molecular flexibility index (Phi) is 9.83. The Balaban J connectivity index is 0.00000320. The van der Waals surface area contributed by atoms with Crippen LogP contribution in [-0.4, -0.2) is 66.8 Å². The second-order valence-corrected chi connectivity index (χ2v) is 7.78. The topological polar surface area (TPSA) is 103 Å². The Morgan fingerprint density at radius 3 is 2.37 bits per heavy atom. The van der Waals surface area contributed by atoms with Gasteiger partial charge in [0.2, 0.25) is 11.8 Å². The molecule has 1 fully saturated rings. The van der Waals surface area contributed by atoms with Crippen LogP contribution < -0.4 is 16.4 Å². The molecule has 0 unspecified atom stereocenters. The van der Waals surface area contributed by atoms with Gasteiger partial charge in [0.15, 0.2) is 5.96 Å². The van der Waals surface area contributed by atoms with Crippen LogP contribution in [0.25, 0.3) is 0 Å². The molecule has 2 heterocycles.